The molecule has 0 aromatic heterocycles. The lowest BCUT2D eigenvalue weighted by molar-refractivity contribution is 0.0579. The van der Waals surface area contributed by atoms with Crippen LogP contribution in [0, 0.1) is 0 Å². The minimum Gasteiger partial charge on any atom is -0.383 e. The van der Waals surface area contributed by atoms with Crippen LogP contribution < -0.4 is 5.14 Å². The average Bonchev–Trinajstić information content (AvgIpc) is 2.38. The molecule has 0 heterocycles. The topological polar surface area (TPSA) is 89.7 Å². The molecule has 21 heavy (non-hydrogen) atoms. The number of hydrogen-bond donors (Lipinski definition) is 1. The third-order valence-corrected chi connectivity index (χ3v) is 4.10. The van der Waals surface area contributed by atoms with E-state index < -0.39 is 10.0 Å². The number of nitrogens with zero attached hydrogens (tertiary/aromatic N) is 1. The van der Waals surface area contributed by atoms with Gasteiger partial charge in [-0.25, -0.2) is 13.6 Å². The van der Waals surface area contributed by atoms with Gasteiger partial charge in [0, 0.05) is 24.2 Å². The second-order valence-corrected chi connectivity index (χ2v) is 6.61. The van der Waals surface area contributed by atoms with E-state index in [0.29, 0.717) is 13.2 Å². The number of rotatable bonds is 6. The van der Waals surface area contributed by atoms with Crippen molar-refractivity contribution < 1.29 is 17.9 Å². The van der Waals surface area contributed by atoms with Gasteiger partial charge in [0.05, 0.1) is 17.5 Å². The molecule has 0 saturated carbocycles. The van der Waals surface area contributed by atoms with Crippen molar-refractivity contribution in [3.8, 4) is 0 Å². The van der Waals surface area contributed by atoms with Crippen LogP contribution in [0.5, 0.6) is 0 Å². The summed E-state index contributed by atoms with van der Waals surface area (Å²) in [4.78, 5) is 13.9. The predicted octanol–water partition coefficient (Wildman–Crippen LogP) is 1.48. The van der Waals surface area contributed by atoms with Crippen LogP contribution in [0.3, 0.4) is 0 Å². The van der Waals surface area contributed by atoms with E-state index in [1.807, 2.05) is 13.8 Å². The Bertz CT molecular complexity index is 619. The Morgan fingerprint density at radius 2 is 2.05 bits per heavy atom. The first-order chi connectivity index (χ1) is 9.70. The summed E-state index contributed by atoms with van der Waals surface area (Å²) in [5.74, 6) is -0.325. The number of ether oxygens (including phenoxy) is 1. The van der Waals surface area contributed by atoms with Gasteiger partial charge in [0.15, 0.2) is 0 Å². The molecule has 0 aliphatic rings. The average molecular weight is 335 g/mol. The SMILES string of the molecule is CCN(C(=O)c1cc(Cl)cc(S(N)(=O)=O)c1)C(C)COC. The number of carbonyl (C=O) groups is 1. The van der Waals surface area contributed by atoms with Crippen LogP contribution in [0.1, 0.15) is 24.2 Å². The van der Waals surface area contributed by atoms with Crippen LogP contribution in [0.2, 0.25) is 5.02 Å². The van der Waals surface area contributed by atoms with Gasteiger partial charge in [0.1, 0.15) is 0 Å². The second-order valence-electron chi connectivity index (χ2n) is 4.62. The highest BCUT2D eigenvalue weighted by atomic mass is 35.5. The van der Waals surface area contributed by atoms with Crippen molar-refractivity contribution in [1.82, 2.24) is 4.90 Å². The highest BCUT2D eigenvalue weighted by molar-refractivity contribution is 7.89. The second kappa shape index (κ2) is 7.22. The number of amides is 1. The third-order valence-electron chi connectivity index (χ3n) is 2.99. The van der Waals surface area contributed by atoms with Crippen molar-refractivity contribution in [2.45, 2.75) is 24.8 Å². The highest BCUT2D eigenvalue weighted by Gasteiger charge is 2.22. The Kier molecular flexibility index (Phi) is 6.15. The van der Waals surface area contributed by atoms with Crippen molar-refractivity contribution in [1.29, 1.82) is 0 Å². The predicted molar refractivity (Wildman–Crippen MR) is 80.9 cm³/mol. The lowest BCUT2D eigenvalue weighted by Gasteiger charge is -2.27. The number of sulfonamides is 1. The van der Waals surface area contributed by atoms with Gasteiger partial charge in [-0.05, 0) is 32.0 Å². The van der Waals surface area contributed by atoms with Gasteiger partial charge >= 0.3 is 0 Å². The fourth-order valence-electron chi connectivity index (χ4n) is 2.00. The molecule has 1 aromatic carbocycles. The molecule has 1 aromatic rings. The molecule has 1 amide bonds. The van der Waals surface area contributed by atoms with E-state index in [2.05, 4.69) is 0 Å². The molecule has 0 saturated heterocycles. The normalized spacial score (nSPS) is 13.0. The number of halogens is 1. The van der Waals surface area contributed by atoms with Crippen LogP contribution in [0.4, 0.5) is 0 Å². The molecule has 0 fully saturated rings. The summed E-state index contributed by atoms with van der Waals surface area (Å²) in [6.07, 6.45) is 0. The van der Waals surface area contributed by atoms with Crippen LogP contribution in [0.25, 0.3) is 0 Å². The minimum atomic E-state index is -3.92. The van der Waals surface area contributed by atoms with Crippen molar-refractivity contribution in [3.05, 3.63) is 28.8 Å². The Labute approximate surface area is 129 Å². The van der Waals surface area contributed by atoms with Crippen LogP contribution in [0.15, 0.2) is 23.1 Å². The maximum Gasteiger partial charge on any atom is 0.254 e. The van der Waals surface area contributed by atoms with E-state index in [-0.39, 0.29) is 27.4 Å². The van der Waals surface area contributed by atoms with E-state index >= 15 is 0 Å². The van der Waals surface area contributed by atoms with Crippen molar-refractivity contribution >= 4 is 27.5 Å². The van der Waals surface area contributed by atoms with Gasteiger partial charge in [0.2, 0.25) is 10.0 Å². The zero-order chi connectivity index (χ0) is 16.2. The summed E-state index contributed by atoms with van der Waals surface area (Å²) >= 11 is 5.87. The fourth-order valence-corrected chi connectivity index (χ4v) is 2.89. The van der Waals surface area contributed by atoms with Crippen LogP contribution >= 0.6 is 11.6 Å². The first-order valence-electron chi connectivity index (χ1n) is 6.34. The van der Waals surface area contributed by atoms with Crippen molar-refractivity contribution in [3.63, 3.8) is 0 Å². The number of carbonyl (C=O) groups excluding carboxylic acids is 1. The van der Waals surface area contributed by atoms with Gasteiger partial charge in [0.25, 0.3) is 5.91 Å². The molecule has 118 valence electrons. The smallest absolute Gasteiger partial charge is 0.254 e. The number of benzene rings is 1. The first kappa shape index (κ1) is 17.9. The number of likely N-dealkylation sites (N-methyl/N-ethyl adjacent to an activating group) is 1. The zero-order valence-corrected chi connectivity index (χ0v) is 13.7. The molecule has 1 unspecified atom stereocenters. The Morgan fingerprint density at radius 1 is 1.43 bits per heavy atom. The Balaban J connectivity index is 3.20. The van der Waals surface area contributed by atoms with Crippen LogP contribution in [-0.2, 0) is 14.8 Å². The fraction of sp³-hybridized carbons (Fsp3) is 0.462. The van der Waals surface area contributed by atoms with Crippen LogP contribution in [-0.4, -0.2) is 45.5 Å². The van der Waals surface area contributed by atoms with E-state index in [0.717, 1.165) is 0 Å². The summed E-state index contributed by atoms with van der Waals surface area (Å²) in [7, 11) is -2.38. The molecular weight excluding hydrogens is 316 g/mol. The molecule has 1 atom stereocenters. The maximum atomic E-state index is 12.5. The first-order valence-corrected chi connectivity index (χ1v) is 8.26. The minimum absolute atomic E-state index is 0.139. The standard InChI is InChI=1S/C13H19ClN2O4S/c1-4-16(9(2)8-20-3)13(17)10-5-11(14)7-12(6-10)21(15,18)19/h5-7,9H,4,8H2,1-3H3,(H2,15,18,19). The zero-order valence-electron chi connectivity index (χ0n) is 12.2. The van der Waals surface area contributed by atoms with Gasteiger partial charge < -0.3 is 9.64 Å². The number of hydrogen-bond acceptors (Lipinski definition) is 4. The largest absolute Gasteiger partial charge is 0.383 e. The third kappa shape index (κ3) is 4.67. The molecule has 1 rings (SSSR count). The number of methoxy groups -OCH3 is 1. The maximum absolute atomic E-state index is 12.5. The van der Waals surface area contributed by atoms with E-state index in [9.17, 15) is 13.2 Å². The summed E-state index contributed by atoms with van der Waals surface area (Å²) in [5.41, 5.74) is 0.177. The highest BCUT2D eigenvalue weighted by Crippen LogP contribution is 2.20. The summed E-state index contributed by atoms with van der Waals surface area (Å²) in [5, 5.41) is 5.22. The molecular formula is C13H19ClN2O4S. The monoisotopic (exact) mass is 334 g/mol. The van der Waals surface area contributed by atoms with Crippen molar-refractivity contribution in [2.75, 3.05) is 20.3 Å². The lowest BCUT2D eigenvalue weighted by Crippen LogP contribution is -2.41. The van der Waals surface area contributed by atoms with Gasteiger partial charge in [-0.1, -0.05) is 11.6 Å². The molecule has 0 aliphatic heterocycles. The molecule has 0 aliphatic carbocycles. The Morgan fingerprint density at radius 3 is 2.52 bits per heavy atom. The van der Waals surface area contributed by atoms with E-state index in [1.54, 1.807) is 12.0 Å². The quantitative estimate of drug-likeness (QED) is 0.853. The van der Waals surface area contributed by atoms with Crippen molar-refractivity contribution in [2.24, 2.45) is 5.14 Å². The molecule has 0 radical (unpaired) electrons. The molecule has 2 N–H and O–H groups in total. The summed E-state index contributed by atoms with van der Waals surface area (Å²) in [6.45, 7) is 4.51. The lowest BCUT2D eigenvalue weighted by atomic mass is 10.1. The molecule has 0 bridgehead atoms. The molecule has 8 heteroatoms. The number of primary sulfonamides is 1. The molecule has 6 nitrogen and oxygen atoms in total. The van der Waals surface area contributed by atoms with Gasteiger partial charge in [-0.2, -0.15) is 0 Å². The van der Waals surface area contributed by atoms with E-state index in [4.69, 9.17) is 21.5 Å². The number of nitrogens with two attached hydrogens (primary N) is 1. The van der Waals surface area contributed by atoms with Gasteiger partial charge in [-0.15, -0.1) is 0 Å². The Hall–Kier alpha value is -1.15. The molecule has 0 spiro atoms. The summed E-state index contributed by atoms with van der Waals surface area (Å²) < 4.78 is 27.9. The van der Waals surface area contributed by atoms with E-state index in [1.165, 1.54) is 18.2 Å². The van der Waals surface area contributed by atoms with Gasteiger partial charge in [-0.3, -0.25) is 4.79 Å². The summed E-state index contributed by atoms with van der Waals surface area (Å²) in [6, 6.07) is 3.71.